The van der Waals surface area contributed by atoms with E-state index in [2.05, 4.69) is 10.5 Å². The Kier molecular flexibility index (Phi) is 6.46. The third-order valence-electron chi connectivity index (χ3n) is 2.84. The van der Waals surface area contributed by atoms with E-state index in [9.17, 15) is 4.79 Å². The molecule has 0 saturated heterocycles. The van der Waals surface area contributed by atoms with Crippen molar-refractivity contribution in [2.24, 2.45) is 10.9 Å². The van der Waals surface area contributed by atoms with Crippen LogP contribution in [0.25, 0.3) is 0 Å². The lowest BCUT2D eigenvalue weighted by Crippen LogP contribution is -2.27. The van der Waals surface area contributed by atoms with Crippen molar-refractivity contribution in [1.29, 1.82) is 0 Å². The van der Waals surface area contributed by atoms with Crippen LogP contribution in [0, 0.1) is 0 Å². The Morgan fingerprint density at radius 1 is 1.00 bits per heavy atom. The fraction of sp³-hybridized carbons (Fsp3) is 0.176. The van der Waals surface area contributed by atoms with Crippen LogP contribution < -0.4 is 15.8 Å². The first kappa shape index (κ1) is 16.4. The van der Waals surface area contributed by atoms with Gasteiger partial charge in [-0.25, -0.2) is 0 Å². The molecule has 1 amide bonds. The lowest BCUT2D eigenvalue weighted by molar-refractivity contribution is -0.125. The minimum Gasteiger partial charge on any atom is -0.486 e. The van der Waals surface area contributed by atoms with Gasteiger partial charge in [0.25, 0.3) is 5.91 Å². The average molecular weight is 313 g/mol. The van der Waals surface area contributed by atoms with Crippen molar-refractivity contribution in [3.63, 3.8) is 0 Å². The number of amides is 1. The molecule has 0 aliphatic rings. The standard InChI is InChI=1S/C17H19N3O3/c18-16(12-22-15-9-5-2-6-10-15)20-23-13-17(21)19-11-14-7-3-1-4-8-14/h1-10H,11-13H2,(H2,18,20)(H,19,21). The Morgan fingerprint density at radius 3 is 2.35 bits per heavy atom. The average Bonchev–Trinajstić information content (AvgIpc) is 2.60. The van der Waals surface area contributed by atoms with Gasteiger partial charge in [-0.15, -0.1) is 0 Å². The van der Waals surface area contributed by atoms with Crippen LogP contribution >= 0.6 is 0 Å². The summed E-state index contributed by atoms with van der Waals surface area (Å²) in [4.78, 5) is 16.5. The predicted octanol–water partition coefficient (Wildman–Crippen LogP) is 1.67. The smallest absolute Gasteiger partial charge is 0.261 e. The van der Waals surface area contributed by atoms with Crippen molar-refractivity contribution in [1.82, 2.24) is 5.32 Å². The molecule has 2 aromatic rings. The molecule has 6 heteroatoms. The largest absolute Gasteiger partial charge is 0.486 e. The van der Waals surface area contributed by atoms with E-state index in [0.29, 0.717) is 12.3 Å². The molecule has 6 nitrogen and oxygen atoms in total. The summed E-state index contributed by atoms with van der Waals surface area (Å²) in [6.07, 6.45) is 0. The van der Waals surface area contributed by atoms with Crippen LogP contribution in [0.1, 0.15) is 5.56 Å². The zero-order chi connectivity index (χ0) is 16.3. The second-order valence-electron chi connectivity index (χ2n) is 4.72. The van der Waals surface area contributed by atoms with Crippen molar-refractivity contribution < 1.29 is 14.4 Å². The number of ether oxygens (including phenoxy) is 1. The first-order valence-corrected chi connectivity index (χ1v) is 7.17. The first-order valence-electron chi connectivity index (χ1n) is 7.17. The molecule has 0 unspecified atom stereocenters. The van der Waals surface area contributed by atoms with Crippen molar-refractivity contribution in [3.8, 4) is 5.75 Å². The number of carbonyl (C=O) groups excluding carboxylic acids is 1. The van der Waals surface area contributed by atoms with Crippen molar-refractivity contribution >= 4 is 11.7 Å². The second kappa shape index (κ2) is 9.09. The van der Waals surface area contributed by atoms with Crippen molar-refractivity contribution in [2.75, 3.05) is 13.2 Å². The number of amidine groups is 1. The van der Waals surface area contributed by atoms with E-state index in [0.717, 1.165) is 5.56 Å². The number of rotatable bonds is 8. The number of benzene rings is 2. The summed E-state index contributed by atoms with van der Waals surface area (Å²) < 4.78 is 5.39. The molecule has 23 heavy (non-hydrogen) atoms. The van der Waals surface area contributed by atoms with Crippen molar-refractivity contribution in [2.45, 2.75) is 6.54 Å². The lowest BCUT2D eigenvalue weighted by Gasteiger charge is -2.06. The topological polar surface area (TPSA) is 85.9 Å². The van der Waals surface area contributed by atoms with Gasteiger partial charge in [0, 0.05) is 6.54 Å². The monoisotopic (exact) mass is 313 g/mol. The molecule has 0 aliphatic carbocycles. The van der Waals surface area contributed by atoms with Gasteiger partial charge >= 0.3 is 0 Å². The Balaban J connectivity index is 1.63. The molecule has 0 heterocycles. The molecule has 2 rings (SSSR count). The van der Waals surface area contributed by atoms with Gasteiger partial charge in [0.1, 0.15) is 12.4 Å². The molecule has 3 N–H and O–H groups in total. The second-order valence-corrected chi connectivity index (χ2v) is 4.72. The summed E-state index contributed by atoms with van der Waals surface area (Å²) in [6, 6.07) is 18.8. The molecule has 0 aromatic heterocycles. The van der Waals surface area contributed by atoms with Crippen LogP contribution in [-0.4, -0.2) is 25.0 Å². The van der Waals surface area contributed by atoms with Gasteiger partial charge in [-0.05, 0) is 17.7 Å². The molecule has 0 atom stereocenters. The molecular weight excluding hydrogens is 294 g/mol. The van der Waals surface area contributed by atoms with Crippen LogP contribution in [0.2, 0.25) is 0 Å². The zero-order valence-corrected chi connectivity index (χ0v) is 12.6. The highest BCUT2D eigenvalue weighted by atomic mass is 16.6. The maximum Gasteiger partial charge on any atom is 0.261 e. The summed E-state index contributed by atoms with van der Waals surface area (Å²) in [5.41, 5.74) is 6.66. The van der Waals surface area contributed by atoms with Crippen LogP contribution in [0.15, 0.2) is 65.8 Å². The summed E-state index contributed by atoms with van der Waals surface area (Å²) >= 11 is 0. The molecule has 0 radical (unpaired) electrons. The zero-order valence-electron chi connectivity index (χ0n) is 12.6. The molecule has 120 valence electrons. The van der Waals surface area contributed by atoms with Gasteiger partial charge in [-0.2, -0.15) is 0 Å². The number of nitrogens with zero attached hydrogens (tertiary/aromatic N) is 1. The van der Waals surface area contributed by atoms with Crippen LogP contribution in [0.5, 0.6) is 5.75 Å². The Morgan fingerprint density at radius 2 is 1.65 bits per heavy atom. The number of oxime groups is 1. The van der Waals surface area contributed by atoms with E-state index < -0.39 is 0 Å². The highest BCUT2D eigenvalue weighted by Crippen LogP contribution is 2.07. The van der Waals surface area contributed by atoms with E-state index >= 15 is 0 Å². The quantitative estimate of drug-likeness (QED) is 0.441. The molecular formula is C17H19N3O3. The fourth-order valence-corrected chi connectivity index (χ4v) is 1.72. The fourth-order valence-electron chi connectivity index (χ4n) is 1.72. The third-order valence-corrected chi connectivity index (χ3v) is 2.84. The summed E-state index contributed by atoms with van der Waals surface area (Å²) in [6.45, 7) is 0.341. The Labute approximate surface area is 134 Å². The highest BCUT2D eigenvalue weighted by molar-refractivity contribution is 5.81. The number of hydrogen-bond donors (Lipinski definition) is 2. The number of hydrogen-bond acceptors (Lipinski definition) is 4. The normalized spacial score (nSPS) is 10.9. The number of para-hydroxylation sites is 1. The van der Waals surface area contributed by atoms with Crippen molar-refractivity contribution in [3.05, 3.63) is 66.2 Å². The summed E-state index contributed by atoms with van der Waals surface area (Å²) in [5.74, 6) is 0.574. The Bertz CT molecular complexity index is 630. The third kappa shape index (κ3) is 6.52. The maximum atomic E-state index is 11.6. The SMILES string of the molecule is N/C(COc1ccccc1)=N\OCC(=O)NCc1ccccc1. The maximum absolute atomic E-state index is 11.6. The molecule has 0 spiro atoms. The molecule has 0 aliphatic heterocycles. The minimum atomic E-state index is -0.269. The van der Waals surface area contributed by atoms with Crippen LogP contribution in [0.3, 0.4) is 0 Å². The van der Waals surface area contributed by atoms with E-state index in [1.165, 1.54) is 0 Å². The van der Waals surface area contributed by atoms with E-state index in [1.54, 1.807) is 0 Å². The van der Waals surface area contributed by atoms with Crippen LogP contribution in [0.4, 0.5) is 0 Å². The molecule has 0 fully saturated rings. The number of nitrogens with two attached hydrogens (primary N) is 1. The Hall–Kier alpha value is -3.02. The lowest BCUT2D eigenvalue weighted by atomic mass is 10.2. The molecule has 2 aromatic carbocycles. The molecule has 0 saturated carbocycles. The first-order chi connectivity index (χ1) is 11.2. The van der Waals surface area contributed by atoms with Crippen LogP contribution in [-0.2, 0) is 16.2 Å². The van der Waals surface area contributed by atoms with Gasteiger partial charge in [0.05, 0.1) is 0 Å². The predicted molar refractivity (Wildman–Crippen MR) is 87.8 cm³/mol. The van der Waals surface area contributed by atoms with Gasteiger partial charge in [0.15, 0.2) is 12.4 Å². The van der Waals surface area contributed by atoms with Gasteiger partial charge in [0.2, 0.25) is 0 Å². The van der Waals surface area contributed by atoms with Gasteiger partial charge in [-0.3, -0.25) is 4.79 Å². The highest BCUT2D eigenvalue weighted by Gasteiger charge is 2.02. The summed E-state index contributed by atoms with van der Waals surface area (Å²) in [5, 5.41) is 6.37. The number of nitrogens with one attached hydrogen (secondary N) is 1. The van der Waals surface area contributed by atoms with E-state index in [4.69, 9.17) is 15.3 Å². The summed E-state index contributed by atoms with van der Waals surface area (Å²) in [7, 11) is 0. The van der Waals surface area contributed by atoms with Gasteiger partial charge < -0.3 is 20.6 Å². The van der Waals surface area contributed by atoms with Gasteiger partial charge in [-0.1, -0.05) is 53.7 Å². The van der Waals surface area contributed by atoms with E-state index in [1.807, 2.05) is 60.7 Å². The minimum absolute atomic E-state index is 0.0929. The molecule has 0 bridgehead atoms. The van der Waals surface area contributed by atoms with E-state index in [-0.39, 0.29) is 25.0 Å². The number of carbonyl (C=O) groups is 1.